The minimum atomic E-state index is 0.590. The first-order valence-electron chi connectivity index (χ1n) is 7.04. The lowest BCUT2D eigenvalue weighted by molar-refractivity contribution is 0.252. The van der Waals surface area contributed by atoms with Crippen molar-refractivity contribution in [2.75, 3.05) is 26.7 Å². The topological polar surface area (TPSA) is 15.3 Å². The minimum absolute atomic E-state index is 0.590. The van der Waals surface area contributed by atoms with E-state index in [4.69, 9.17) is 0 Å². The SMILES string of the molecule is CC(C)CNCC(C)N(C)CCc1ccccc1. The number of nitrogens with one attached hydrogen (secondary N) is 1. The van der Waals surface area contributed by atoms with Crippen LogP contribution in [-0.2, 0) is 6.42 Å². The molecule has 0 aliphatic heterocycles. The first-order chi connectivity index (χ1) is 8.59. The summed E-state index contributed by atoms with van der Waals surface area (Å²) in [5, 5.41) is 3.52. The van der Waals surface area contributed by atoms with Gasteiger partial charge in [0.2, 0.25) is 0 Å². The summed E-state index contributed by atoms with van der Waals surface area (Å²) >= 11 is 0. The molecule has 2 heteroatoms. The second-order valence-corrected chi connectivity index (χ2v) is 5.62. The highest BCUT2D eigenvalue weighted by molar-refractivity contribution is 5.14. The lowest BCUT2D eigenvalue weighted by Gasteiger charge is -2.25. The number of likely N-dealkylation sites (N-methyl/N-ethyl adjacent to an activating group) is 1. The Morgan fingerprint density at radius 2 is 1.72 bits per heavy atom. The summed E-state index contributed by atoms with van der Waals surface area (Å²) in [6, 6.07) is 11.3. The molecule has 0 bridgehead atoms. The van der Waals surface area contributed by atoms with Gasteiger partial charge in [-0.1, -0.05) is 44.2 Å². The molecule has 2 nitrogen and oxygen atoms in total. The molecule has 0 heterocycles. The maximum Gasteiger partial charge on any atom is 0.0189 e. The fourth-order valence-electron chi connectivity index (χ4n) is 1.91. The maximum absolute atomic E-state index is 3.52. The Morgan fingerprint density at radius 1 is 1.06 bits per heavy atom. The second kappa shape index (κ2) is 8.28. The quantitative estimate of drug-likeness (QED) is 0.761. The van der Waals surface area contributed by atoms with Crippen molar-refractivity contribution < 1.29 is 0 Å². The maximum atomic E-state index is 3.52. The molecule has 102 valence electrons. The van der Waals surface area contributed by atoms with Crippen molar-refractivity contribution in [1.82, 2.24) is 10.2 Å². The van der Waals surface area contributed by atoms with E-state index in [1.807, 2.05) is 0 Å². The largest absolute Gasteiger partial charge is 0.315 e. The van der Waals surface area contributed by atoms with Crippen LogP contribution in [0.3, 0.4) is 0 Å². The molecule has 0 spiro atoms. The van der Waals surface area contributed by atoms with E-state index in [-0.39, 0.29) is 0 Å². The summed E-state index contributed by atoms with van der Waals surface area (Å²) in [6.45, 7) is 10.1. The molecule has 1 N–H and O–H groups in total. The third-order valence-electron chi connectivity index (χ3n) is 3.34. The number of benzene rings is 1. The van der Waals surface area contributed by atoms with Crippen LogP contribution in [0.1, 0.15) is 26.3 Å². The molecule has 0 saturated heterocycles. The molecule has 0 radical (unpaired) electrons. The van der Waals surface area contributed by atoms with Gasteiger partial charge in [-0.25, -0.2) is 0 Å². The van der Waals surface area contributed by atoms with Crippen LogP contribution in [0.15, 0.2) is 30.3 Å². The highest BCUT2D eigenvalue weighted by Gasteiger charge is 2.08. The Balaban J connectivity index is 2.21. The van der Waals surface area contributed by atoms with Gasteiger partial charge in [0, 0.05) is 19.1 Å². The van der Waals surface area contributed by atoms with Crippen LogP contribution in [0.25, 0.3) is 0 Å². The van der Waals surface area contributed by atoms with E-state index in [1.54, 1.807) is 0 Å². The number of hydrogen-bond acceptors (Lipinski definition) is 2. The van der Waals surface area contributed by atoms with Crippen LogP contribution in [-0.4, -0.2) is 37.6 Å². The third-order valence-corrected chi connectivity index (χ3v) is 3.34. The van der Waals surface area contributed by atoms with Crippen LogP contribution >= 0.6 is 0 Å². The van der Waals surface area contributed by atoms with E-state index in [2.05, 4.69) is 68.4 Å². The molecule has 1 aromatic carbocycles. The Bertz CT molecular complexity index is 308. The van der Waals surface area contributed by atoms with E-state index in [9.17, 15) is 0 Å². The van der Waals surface area contributed by atoms with Crippen molar-refractivity contribution in [3.63, 3.8) is 0 Å². The van der Waals surface area contributed by atoms with Gasteiger partial charge in [-0.15, -0.1) is 0 Å². The van der Waals surface area contributed by atoms with Crippen molar-refractivity contribution in [3.05, 3.63) is 35.9 Å². The summed E-state index contributed by atoms with van der Waals surface area (Å²) in [6.07, 6.45) is 1.13. The van der Waals surface area contributed by atoms with Gasteiger partial charge >= 0.3 is 0 Å². The van der Waals surface area contributed by atoms with Crippen molar-refractivity contribution in [2.24, 2.45) is 5.92 Å². The van der Waals surface area contributed by atoms with Gasteiger partial charge in [-0.3, -0.25) is 0 Å². The van der Waals surface area contributed by atoms with Gasteiger partial charge in [0.25, 0.3) is 0 Å². The van der Waals surface area contributed by atoms with Crippen molar-refractivity contribution in [2.45, 2.75) is 33.2 Å². The Morgan fingerprint density at radius 3 is 2.33 bits per heavy atom. The number of nitrogens with zero attached hydrogens (tertiary/aromatic N) is 1. The van der Waals surface area contributed by atoms with E-state index >= 15 is 0 Å². The van der Waals surface area contributed by atoms with Crippen LogP contribution in [0.4, 0.5) is 0 Å². The molecule has 0 amide bonds. The van der Waals surface area contributed by atoms with E-state index < -0.39 is 0 Å². The summed E-state index contributed by atoms with van der Waals surface area (Å²) < 4.78 is 0. The first-order valence-corrected chi connectivity index (χ1v) is 7.04. The molecule has 0 aromatic heterocycles. The zero-order valence-corrected chi connectivity index (χ0v) is 12.3. The smallest absolute Gasteiger partial charge is 0.0189 e. The van der Waals surface area contributed by atoms with Crippen LogP contribution < -0.4 is 5.32 Å². The second-order valence-electron chi connectivity index (χ2n) is 5.62. The number of rotatable bonds is 8. The van der Waals surface area contributed by atoms with E-state index in [0.29, 0.717) is 6.04 Å². The van der Waals surface area contributed by atoms with Gasteiger partial charge in [0.1, 0.15) is 0 Å². The molecule has 0 aliphatic carbocycles. The molecule has 0 aliphatic rings. The molecule has 1 unspecified atom stereocenters. The summed E-state index contributed by atoms with van der Waals surface area (Å²) in [5.41, 5.74) is 1.42. The zero-order valence-electron chi connectivity index (χ0n) is 12.3. The molecule has 0 saturated carbocycles. The van der Waals surface area contributed by atoms with Crippen molar-refractivity contribution >= 4 is 0 Å². The molecule has 1 rings (SSSR count). The monoisotopic (exact) mass is 248 g/mol. The van der Waals surface area contributed by atoms with Gasteiger partial charge in [-0.05, 0) is 38.4 Å². The summed E-state index contributed by atoms with van der Waals surface area (Å²) in [4.78, 5) is 2.43. The van der Waals surface area contributed by atoms with Gasteiger partial charge in [0.15, 0.2) is 0 Å². The Labute approximate surface area is 112 Å². The van der Waals surface area contributed by atoms with Crippen molar-refractivity contribution in [1.29, 1.82) is 0 Å². The molecular formula is C16H28N2. The molecule has 0 fully saturated rings. The molecular weight excluding hydrogens is 220 g/mol. The lowest BCUT2D eigenvalue weighted by Crippen LogP contribution is -2.39. The highest BCUT2D eigenvalue weighted by atomic mass is 15.1. The summed E-state index contributed by atoms with van der Waals surface area (Å²) in [5.74, 6) is 0.729. The van der Waals surface area contributed by atoms with E-state index in [0.717, 1.165) is 32.0 Å². The van der Waals surface area contributed by atoms with E-state index in [1.165, 1.54) is 5.56 Å². The zero-order chi connectivity index (χ0) is 13.4. The Hall–Kier alpha value is -0.860. The standard InChI is InChI=1S/C16H28N2/c1-14(2)12-17-13-15(3)18(4)11-10-16-8-6-5-7-9-16/h5-9,14-15,17H,10-13H2,1-4H3. The number of hydrogen-bond donors (Lipinski definition) is 1. The molecule has 1 atom stereocenters. The highest BCUT2D eigenvalue weighted by Crippen LogP contribution is 2.02. The van der Waals surface area contributed by atoms with Gasteiger partial charge in [0.05, 0.1) is 0 Å². The normalized spacial score (nSPS) is 13.2. The van der Waals surface area contributed by atoms with Crippen LogP contribution in [0.2, 0.25) is 0 Å². The molecule has 18 heavy (non-hydrogen) atoms. The minimum Gasteiger partial charge on any atom is -0.315 e. The summed E-state index contributed by atoms with van der Waals surface area (Å²) in [7, 11) is 2.21. The Kier molecular flexibility index (Phi) is 6.99. The fraction of sp³-hybridized carbons (Fsp3) is 0.625. The lowest BCUT2D eigenvalue weighted by atomic mass is 10.1. The first kappa shape index (κ1) is 15.2. The molecule has 1 aromatic rings. The fourth-order valence-corrected chi connectivity index (χ4v) is 1.91. The predicted molar refractivity (Wildman–Crippen MR) is 79.9 cm³/mol. The average molecular weight is 248 g/mol. The van der Waals surface area contributed by atoms with Crippen LogP contribution in [0.5, 0.6) is 0 Å². The van der Waals surface area contributed by atoms with Crippen molar-refractivity contribution in [3.8, 4) is 0 Å². The average Bonchev–Trinajstić information content (AvgIpc) is 2.36. The third kappa shape index (κ3) is 6.18. The van der Waals surface area contributed by atoms with Gasteiger partial charge < -0.3 is 10.2 Å². The predicted octanol–water partition coefficient (Wildman–Crippen LogP) is 2.80. The van der Waals surface area contributed by atoms with Gasteiger partial charge in [-0.2, -0.15) is 0 Å². The van der Waals surface area contributed by atoms with Crippen LogP contribution in [0, 0.1) is 5.92 Å².